The Labute approximate surface area is 112 Å². The zero-order valence-electron chi connectivity index (χ0n) is 10.5. The summed E-state index contributed by atoms with van der Waals surface area (Å²) in [6.45, 7) is 2.31. The molecule has 0 aromatic carbocycles. The van der Waals surface area contributed by atoms with Crippen molar-refractivity contribution >= 4 is 17.3 Å². The van der Waals surface area contributed by atoms with Crippen LogP contribution in [0.1, 0.15) is 17.6 Å². The summed E-state index contributed by atoms with van der Waals surface area (Å²) in [5.41, 5.74) is 4.68. The Kier molecular flexibility index (Phi) is 5.55. The summed E-state index contributed by atoms with van der Waals surface area (Å²) in [6, 6.07) is -0.0317. The number of alkyl halides is 3. The Morgan fingerprint density at radius 2 is 2.32 bits per heavy atom. The van der Waals surface area contributed by atoms with Gasteiger partial charge in [0.05, 0.1) is 13.2 Å². The van der Waals surface area contributed by atoms with E-state index in [4.69, 9.17) is 10.5 Å². The molecule has 1 unspecified atom stereocenters. The van der Waals surface area contributed by atoms with Gasteiger partial charge in [0.2, 0.25) is 0 Å². The average Bonchev–Trinajstić information content (AvgIpc) is 2.74. The number of methoxy groups -OCH3 is 1. The second kappa shape index (κ2) is 6.71. The zero-order valence-corrected chi connectivity index (χ0v) is 11.3. The molecule has 0 spiro atoms. The number of aromatic nitrogens is 1. The Hall–Kier alpha value is -1.35. The standard InChI is InChI=1S/C10H15F3N4OS/c1-6(4-18-2)16-9(14)15-3-8-17-7(5-19-8)10(11,12)13/h5-6H,3-4H2,1-2H3,(H3,14,15,16). The van der Waals surface area contributed by atoms with Crippen LogP contribution in [0.4, 0.5) is 13.2 Å². The number of rotatable bonds is 5. The van der Waals surface area contributed by atoms with Crippen molar-refractivity contribution in [1.29, 1.82) is 0 Å². The van der Waals surface area contributed by atoms with Crippen LogP contribution < -0.4 is 11.1 Å². The molecule has 1 atom stereocenters. The van der Waals surface area contributed by atoms with E-state index in [0.29, 0.717) is 6.61 Å². The minimum absolute atomic E-state index is 0.0132. The molecule has 0 bridgehead atoms. The maximum absolute atomic E-state index is 12.3. The van der Waals surface area contributed by atoms with E-state index in [2.05, 4.69) is 15.3 Å². The molecule has 1 aromatic heterocycles. The van der Waals surface area contributed by atoms with Crippen LogP contribution in [0.5, 0.6) is 0 Å². The smallest absolute Gasteiger partial charge is 0.383 e. The molecule has 0 aliphatic heterocycles. The second-order valence-electron chi connectivity index (χ2n) is 3.83. The topological polar surface area (TPSA) is 72.5 Å². The number of hydrogen-bond acceptors (Lipinski definition) is 4. The number of halogens is 3. The van der Waals surface area contributed by atoms with Gasteiger partial charge in [0.25, 0.3) is 0 Å². The lowest BCUT2D eigenvalue weighted by atomic mass is 10.4. The van der Waals surface area contributed by atoms with Crippen molar-refractivity contribution in [2.24, 2.45) is 10.7 Å². The van der Waals surface area contributed by atoms with Gasteiger partial charge in [0, 0.05) is 18.5 Å². The van der Waals surface area contributed by atoms with Gasteiger partial charge in [-0.05, 0) is 6.92 Å². The highest BCUT2D eigenvalue weighted by atomic mass is 32.1. The molecule has 1 rings (SSSR count). The van der Waals surface area contributed by atoms with Gasteiger partial charge >= 0.3 is 6.18 Å². The Morgan fingerprint density at radius 1 is 1.63 bits per heavy atom. The molecule has 0 aliphatic rings. The molecule has 108 valence electrons. The quantitative estimate of drug-likeness (QED) is 0.639. The molecule has 0 fully saturated rings. The Morgan fingerprint density at radius 3 is 2.84 bits per heavy atom. The minimum Gasteiger partial charge on any atom is -0.383 e. The van der Waals surface area contributed by atoms with Crippen molar-refractivity contribution in [3.05, 3.63) is 16.1 Å². The van der Waals surface area contributed by atoms with E-state index in [9.17, 15) is 13.2 Å². The third kappa shape index (κ3) is 5.43. The van der Waals surface area contributed by atoms with Gasteiger partial charge in [-0.25, -0.2) is 9.98 Å². The monoisotopic (exact) mass is 296 g/mol. The molecule has 9 heteroatoms. The van der Waals surface area contributed by atoms with E-state index in [1.807, 2.05) is 6.92 Å². The van der Waals surface area contributed by atoms with E-state index in [1.165, 1.54) is 0 Å². The third-order valence-corrected chi connectivity index (χ3v) is 2.87. The minimum atomic E-state index is -4.42. The van der Waals surface area contributed by atoms with Gasteiger partial charge in [0.1, 0.15) is 5.01 Å². The van der Waals surface area contributed by atoms with Crippen LogP contribution in [0.15, 0.2) is 10.4 Å². The van der Waals surface area contributed by atoms with Crippen molar-refractivity contribution in [3.8, 4) is 0 Å². The van der Waals surface area contributed by atoms with E-state index in [1.54, 1.807) is 7.11 Å². The van der Waals surface area contributed by atoms with E-state index in [-0.39, 0.29) is 23.6 Å². The first kappa shape index (κ1) is 15.7. The average molecular weight is 296 g/mol. The molecular formula is C10H15F3N4OS. The van der Waals surface area contributed by atoms with Crippen molar-refractivity contribution < 1.29 is 17.9 Å². The molecule has 5 nitrogen and oxygen atoms in total. The molecule has 0 radical (unpaired) electrons. The fourth-order valence-electron chi connectivity index (χ4n) is 1.26. The highest BCUT2D eigenvalue weighted by Crippen LogP contribution is 2.30. The highest BCUT2D eigenvalue weighted by molar-refractivity contribution is 7.09. The predicted molar refractivity (Wildman–Crippen MR) is 66.9 cm³/mol. The summed E-state index contributed by atoms with van der Waals surface area (Å²) in [6.07, 6.45) is -4.42. The first-order chi connectivity index (χ1) is 8.82. The van der Waals surface area contributed by atoms with Crippen LogP contribution in [0.2, 0.25) is 0 Å². The molecule has 0 aliphatic carbocycles. The fourth-order valence-corrected chi connectivity index (χ4v) is 1.98. The number of ether oxygens (including phenoxy) is 1. The molecule has 0 saturated carbocycles. The van der Waals surface area contributed by atoms with Crippen LogP contribution in [-0.2, 0) is 17.5 Å². The zero-order chi connectivity index (χ0) is 14.5. The molecule has 19 heavy (non-hydrogen) atoms. The van der Waals surface area contributed by atoms with Crippen LogP contribution in [-0.4, -0.2) is 30.7 Å². The fraction of sp³-hybridized carbons (Fsp3) is 0.600. The van der Waals surface area contributed by atoms with Crippen LogP contribution in [0.25, 0.3) is 0 Å². The highest BCUT2D eigenvalue weighted by Gasteiger charge is 2.33. The van der Waals surface area contributed by atoms with Gasteiger partial charge in [-0.15, -0.1) is 11.3 Å². The molecular weight excluding hydrogens is 281 g/mol. The van der Waals surface area contributed by atoms with E-state index >= 15 is 0 Å². The van der Waals surface area contributed by atoms with Crippen molar-refractivity contribution in [2.75, 3.05) is 13.7 Å². The van der Waals surface area contributed by atoms with Crippen LogP contribution >= 0.6 is 11.3 Å². The van der Waals surface area contributed by atoms with Gasteiger partial charge < -0.3 is 15.8 Å². The van der Waals surface area contributed by atoms with Gasteiger partial charge in [-0.1, -0.05) is 0 Å². The number of thiazole rings is 1. The number of nitrogens with zero attached hydrogens (tertiary/aromatic N) is 2. The molecule has 0 saturated heterocycles. The lowest BCUT2D eigenvalue weighted by molar-refractivity contribution is -0.140. The Bertz CT molecular complexity index is 433. The summed E-state index contributed by atoms with van der Waals surface area (Å²) in [4.78, 5) is 7.37. The van der Waals surface area contributed by atoms with E-state index in [0.717, 1.165) is 16.7 Å². The first-order valence-electron chi connectivity index (χ1n) is 5.40. The van der Waals surface area contributed by atoms with E-state index < -0.39 is 11.9 Å². The number of aliphatic imine (C=N–C) groups is 1. The van der Waals surface area contributed by atoms with Crippen molar-refractivity contribution in [3.63, 3.8) is 0 Å². The lowest BCUT2D eigenvalue weighted by Crippen LogP contribution is -2.40. The normalized spacial score (nSPS) is 14.5. The predicted octanol–water partition coefficient (Wildman–Crippen LogP) is 1.60. The molecule has 3 N–H and O–H groups in total. The lowest BCUT2D eigenvalue weighted by Gasteiger charge is -2.12. The SMILES string of the molecule is COCC(C)NC(N)=NCc1nc(C(F)(F)F)cs1. The molecule has 1 heterocycles. The summed E-state index contributed by atoms with van der Waals surface area (Å²) in [5, 5.41) is 4.07. The maximum atomic E-state index is 12.3. The molecule has 0 amide bonds. The summed E-state index contributed by atoms with van der Waals surface area (Å²) in [7, 11) is 1.56. The third-order valence-electron chi connectivity index (χ3n) is 2.04. The first-order valence-corrected chi connectivity index (χ1v) is 6.28. The summed E-state index contributed by atoms with van der Waals surface area (Å²) in [5.74, 6) is 0.147. The van der Waals surface area contributed by atoms with Crippen molar-refractivity contribution in [2.45, 2.75) is 25.7 Å². The van der Waals surface area contributed by atoms with Crippen molar-refractivity contribution in [1.82, 2.24) is 10.3 Å². The number of guanidine groups is 1. The maximum Gasteiger partial charge on any atom is 0.434 e. The second-order valence-corrected chi connectivity index (χ2v) is 4.77. The van der Waals surface area contributed by atoms with Gasteiger partial charge in [0.15, 0.2) is 11.7 Å². The number of hydrogen-bond donors (Lipinski definition) is 2. The molecule has 1 aromatic rings. The summed E-state index contributed by atoms with van der Waals surface area (Å²) >= 11 is 0.901. The largest absolute Gasteiger partial charge is 0.434 e. The van der Waals surface area contributed by atoms with Crippen LogP contribution in [0, 0.1) is 0 Å². The van der Waals surface area contributed by atoms with Gasteiger partial charge in [-0.3, -0.25) is 0 Å². The number of nitrogens with one attached hydrogen (secondary N) is 1. The Balaban J connectivity index is 2.53. The summed E-state index contributed by atoms with van der Waals surface area (Å²) < 4.78 is 41.8. The number of nitrogens with two attached hydrogens (primary N) is 1. The van der Waals surface area contributed by atoms with Crippen LogP contribution in [0.3, 0.4) is 0 Å². The van der Waals surface area contributed by atoms with Gasteiger partial charge in [-0.2, -0.15) is 13.2 Å².